The Morgan fingerprint density at radius 3 is 1.50 bits per heavy atom. The van der Waals surface area contributed by atoms with Gasteiger partial charge in [-0.3, -0.25) is 5.21 Å². The van der Waals surface area contributed by atoms with Gasteiger partial charge in [0.2, 0.25) is 0 Å². The molecule has 0 saturated heterocycles. The average Bonchev–Trinajstić information content (AvgIpc) is 1.64. The maximum absolute atomic E-state index is 8.50. The van der Waals surface area contributed by atoms with E-state index in [9.17, 15) is 0 Å². The average molecular weight is 151 g/mol. The second-order valence-electron chi connectivity index (χ2n) is 0.988. The van der Waals surface area contributed by atoms with Crippen LogP contribution >= 0.6 is 24.4 Å². The smallest absolute Gasteiger partial charge is 0.197 e. The highest BCUT2D eigenvalue weighted by atomic mass is 32.1. The molecule has 0 aromatic heterocycles. The van der Waals surface area contributed by atoms with Gasteiger partial charge in [0.15, 0.2) is 10.2 Å². The number of thiocarbonyl (C=S) groups is 2. The maximum atomic E-state index is 8.50. The molecule has 0 amide bonds. The van der Waals surface area contributed by atoms with E-state index in [1.54, 1.807) is 0 Å². The van der Waals surface area contributed by atoms with E-state index in [1.165, 1.54) is 0 Å². The molecule has 0 spiro atoms. The summed E-state index contributed by atoms with van der Waals surface area (Å²) in [6.07, 6.45) is 0. The fourth-order valence-corrected chi connectivity index (χ4v) is 0.363. The molecule has 0 fully saturated rings. The molecule has 6 heteroatoms. The number of hydrogen-bond acceptors (Lipinski definition) is 3. The zero-order valence-electron chi connectivity index (χ0n) is 3.87. The Bertz CT molecular complexity index is 110. The molecule has 0 heterocycles. The fourth-order valence-electron chi connectivity index (χ4n) is 0.109. The third kappa shape index (κ3) is 2.01. The van der Waals surface area contributed by atoms with Gasteiger partial charge in [0.05, 0.1) is 0 Å². The van der Waals surface area contributed by atoms with Gasteiger partial charge in [-0.25, -0.2) is 0 Å². The third-order valence-corrected chi connectivity index (χ3v) is 0.763. The highest BCUT2D eigenvalue weighted by Crippen LogP contribution is 1.78. The summed E-state index contributed by atoms with van der Waals surface area (Å²) in [5.41, 5.74) is 9.75. The van der Waals surface area contributed by atoms with Crippen molar-refractivity contribution < 1.29 is 5.21 Å². The van der Waals surface area contributed by atoms with E-state index in [1.807, 2.05) is 0 Å². The molecule has 0 saturated carbocycles. The summed E-state index contributed by atoms with van der Waals surface area (Å²) in [5, 5.41) is 8.35. The molecule has 0 aliphatic rings. The molecule has 0 radical (unpaired) electrons. The Kier molecular flexibility index (Phi) is 2.59. The van der Waals surface area contributed by atoms with E-state index in [4.69, 9.17) is 16.7 Å². The molecule has 0 aliphatic heterocycles. The van der Waals surface area contributed by atoms with Crippen LogP contribution in [0.25, 0.3) is 0 Å². The van der Waals surface area contributed by atoms with Crippen LogP contribution in [-0.4, -0.2) is 20.5 Å². The largest absolute Gasteiger partial charge is 0.374 e. The van der Waals surface area contributed by atoms with E-state index in [2.05, 4.69) is 24.4 Å². The normalized spacial score (nSPS) is 8.12. The molecule has 0 aromatic rings. The predicted molar refractivity (Wildman–Crippen MR) is 37.2 cm³/mol. The number of nitrogens with two attached hydrogens (primary N) is 2. The van der Waals surface area contributed by atoms with E-state index in [-0.39, 0.29) is 10.2 Å². The first-order valence-electron chi connectivity index (χ1n) is 1.63. The fraction of sp³-hybridized carbons (Fsp3) is 0. The van der Waals surface area contributed by atoms with Crippen LogP contribution in [0.3, 0.4) is 0 Å². The van der Waals surface area contributed by atoms with Crippen LogP contribution in [0.5, 0.6) is 0 Å². The lowest BCUT2D eigenvalue weighted by Gasteiger charge is -2.09. The topological polar surface area (TPSA) is 75.5 Å². The lowest BCUT2D eigenvalue weighted by atomic mass is 11.0. The number of rotatable bonds is 0. The molecule has 8 heavy (non-hydrogen) atoms. The summed E-state index contributed by atoms with van der Waals surface area (Å²) in [6.45, 7) is 0. The molecule has 0 aromatic carbocycles. The first kappa shape index (κ1) is 7.54. The molecular formula is C2H5N3OS2. The number of nitrogens with zero attached hydrogens (tertiary/aromatic N) is 1. The van der Waals surface area contributed by atoms with Gasteiger partial charge in [-0.2, -0.15) is 5.06 Å². The van der Waals surface area contributed by atoms with Gasteiger partial charge >= 0.3 is 0 Å². The van der Waals surface area contributed by atoms with Crippen LogP contribution in [0.1, 0.15) is 0 Å². The monoisotopic (exact) mass is 151 g/mol. The standard InChI is InChI=1S/C2H5N3OS2/c3-1(7)5(6)2(4)8/h6H,(H2,3,7)(H2,4,8). The van der Waals surface area contributed by atoms with Crippen molar-refractivity contribution in [2.24, 2.45) is 11.5 Å². The number of hydrogen-bond donors (Lipinski definition) is 3. The molecule has 0 aliphatic carbocycles. The summed E-state index contributed by atoms with van der Waals surface area (Å²) in [5.74, 6) is 0. The predicted octanol–water partition coefficient (Wildman–Crippen LogP) is -0.835. The van der Waals surface area contributed by atoms with E-state index >= 15 is 0 Å². The molecule has 0 rings (SSSR count). The summed E-state index contributed by atoms with van der Waals surface area (Å²) in [7, 11) is 0. The quantitative estimate of drug-likeness (QED) is 0.310. The van der Waals surface area contributed by atoms with Crippen molar-refractivity contribution in [3.63, 3.8) is 0 Å². The van der Waals surface area contributed by atoms with E-state index in [0.717, 1.165) is 0 Å². The number of hydroxylamine groups is 2. The van der Waals surface area contributed by atoms with Gasteiger partial charge in [-0.15, -0.1) is 0 Å². The third-order valence-electron chi connectivity index (χ3n) is 0.418. The summed E-state index contributed by atoms with van der Waals surface area (Å²) in [4.78, 5) is 0. The van der Waals surface area contributed by atoms with Crippen molar-refractivity contribution in [2.45, 2.75) is 0 Å². The van der Waals surface area contributed by atoms with Crippen LogP contribution in [0.4, 0.5) is 0 Å². The second kappa shape index (κ2) is 2.75. The molecule has 46 valence electrons. The maximum Gasteiger partial charge on any atom is 0.197 e. The minimum absolute atomic E-state index is 0.252. The minimum Gasteiger partial charge on any atom is -0.374 e. The Morgan fingerprint density at radius 2 is 1.50 bits per heavy atom. The first-order chi connectivity index (χ1) is 3.55. The lowest BCUT2D eigenvalue weighted by Crippen LogP contribution is -2.40. The van der Waals surface area contributed by atoms with Gasteiger partial charge in [0.1, 0.15) is 0 Å². The highest BCUT2D eigenvalue weighted by molar-refractivity contribution is 7.81. The van der Waals surface area contributed by atoms with Crippen molar-refractivity contribution in [3.05, 3.63) is 0 Å². The zero-order valence-corrected chi connectivity index (χ0v) is 5.50. The van der Waals surface area contributed by atoms with E-state index in [0.29, 0.717) is 5.06 Å². The van der Waals surface area contributed by atoms with Crippen molar-refractivity contribution in [3.8, 4) is 0 Å². The summed E-state index contributed by atoms with van der Waals surface area (Å²) < 4.78 is 0. The SMILES string of the molecule is NC(=S)N(O)C(N)=S. The van der Waals surface area contributed by atoms with Crippen molar-refractivity contribution in [1.29, 1.82) is 0 Å². The van der Waals surface area contributed by atoms with Crippen LogP contribution in [0.2, 0.25) is 0 Å². The highest BCUT2D eigenvalue weighted by Gasteiger charge is 2.01. The van der Waals surface area contributed by atoms with Gasteiger partial charge in [-0.1, -0.05) is 0 Å². The molecule has 0 unspecified atom stereocenters. The van der Waals surface area contributed by atoms with Crippen molar-refractivity contribution in [1.82, 2.24) is 5.06 Å². The Labute approximate surface area is 57.0 Å². The second-order valence-corrected chi connectivity index (χ2v) is 1.82. The zero-order chi connectivity index (χ0) is 6.73. The van der Waals surface area contributed by atoms with Gasteiger partial charge < -0.3 is 11.5 Å². The van der Waals surface area contributed by atoms with Crippen LogP contribution in [0.15, 0.2) is 0 Å². The van der Waals surface area contributed by atoms with Crippen LogP contribution in [0, 0.1) is 0 Å². The Hall–Kier alpha value is -0.460. The Balaban J connectivity index is 3.83. The van der Waals surface area contributed by atoms with E-state index < -0.39 is 0 Å². The molecular weight excluding hydrogens is 146 g/mol. The van der Waals surface area contributed by atoms with Crippen LogP contribution < -0.4 is 11.5 Å². The molecule has 4 nitrogen and oxygen atoms in total. The Morgan fingerprint density at radius 1 is 1.25 bits per heavy atom. The van der Waals surface area contributed by atoms with Gasteiger partial charge in [0, 0.05) is 0 Å². The lowest BCUT2D eigenvalue weighted by molar-refractivity contribution is 0.0667. The van der Waals surface area contributed by atoms with Crippen molar-refractivity contribution in [2.75, 3.05) is 0 Å². The summed E-state index contributed by atoms with van der Waals surface area (Å²) in [6, 6.07) is 0. The minimum atomic E-state index is -0.252. The first-order valence-corrected chi connectivity index (χ1v) is 2.45. The van der Waals surface area contributed by atoms with Gasteiger partial charge in [0.25, 0.3) is 0 Å². The molecule has 5 N–H and O–H groups in total. The molecule has 0 atom stereocenters. The molecule has 0 bridgehead atoms. The van der Waals surface area contributed by atoms with Crippen LogP contribution in [-0.2, 0) is 0 Å². The van der Waals surface area contributed by atoms with Crippen molar-refractivity contribution >= 4 is 34.7 Å². The summed E-state index contributed by atoms with van der Waals surface area (Å²) >= 11 is 8.56. The van der Waals surface area contributed by atoms with Gasteiger partial charge in [-0.05, 0) is 24.4 Å².